The zero-order valence-corrected chi connectivity index (χ0v) is 11.9. The van der Waals surface area contributed by atoms with Gasteiger partial charge in [0, 0.05) is 13.1 Å². The van der Waals surface area contributed by atoms with Crippen LogP contribution < -0.4 is 10.6 Å². The number of carbonyl (C=O) groups excluding carboxylic acids is 1. The summed E-state index contributed by atoms with van der Waals surface area (Å²) in [6.45, 7) is 1.58. The van der Waals surface area contributed by atoms with E-state index in [0.717, 1.165) is 19.5 Å². The van der Waals surface area contributed by atoms with Crippen LogP contribution in [0.5, 0.6) is 0 Å². The molecule has 108 valence electrons. The number of nitrogens with two attached hydrogens (primary N) is 1. The van der Waals surface area contributed by atoms with Gasteiger partial charge >= 0.3 is 5.97 Å². The number of anilines is 2. The Kier molecular flexibility index (Phi) is 3.48. The fourth-order valence-electron chi connectivity index (χ4n) is 2.61. The molecule has 1 aliphatic rings. The van der Waals surface area contributed by atoms with Gasteiger partial charge in [-0.05, 0) is 29.7 Å². The van der Waals surface area contributed by atoms with Crippen LogP contribution in [0.2, 0.25) is 0 Å². The number of nitrogens with zero attached hydrogens (tertiary/aromatic N) is 2. The molecule has 1 aliphatic heterocycles. The van der Waals surface area contributed by atoms with Gasteiger partial charge in [-0.2, -0.15) is 0 Å². The van der Waals surface area contributed by atoms with E-state index >= 15 is 0 Å². The van der Waals surface area contributed by atoms with Crippen molar-refractivity contribution in [3.8, 4) is 0 Å². The van der Waals surface area contributed by atoms with Gasteiger partial charge in [0.25, 0.3) is 0 Å². The normalized spacial score (nSPS) is 13.7. The van der Waals surface area contributed by atoms with Crippen LogP contribution in [0.25, 0.3) is 0 Å². The average Bonchev–Trinajstić information content (AvgIpc) is 2.54. The zero-order chi connectivity index (χ0) is 14.8. The minimum absolute atomic E-state index is 0.278. The molecule has 0 unspecified atom stereocenters. The maximum absolute atomic E-state index is 11.6. The number of hydrogen-bond donors (Lipinski definition) is 1. The molecule has 0 fully saturated rings. The molecule has 0 radical (unpaired) electrons. The number of methoxy groups -OCH3 is 1. The summed E-state index contributed by atoms with van der Waals surface area (Å²) in [7, 11) is 1.34. The first-order chi connectivity index (χ1) is 10.2. The summed E-state index contributed by atoms with van der Waals surface area (Å²) in [4.78, 5) is 18.1. The van der Waals surface area contributed by atoms with Crippen LogP contribution in [0, 0.1) is 0 Å². The smallest absolute Gasteiger partial charge is 0.356 e. The number of carbonyl (C=O) groups is 1. The van der Waals surface area contributed by atoms with Crippen LogP contribution >= 0.6 is 0 Å². The molecule has 5 nitrogen and oxygen atoms in total. The molecule has 2 N–H and O–H groups in total. The van der Waals surface area contributed by atoms with E-state index in [0.29, 0.717) is 11.5 Å². The molecular weight excluding hydrogens is 266 g/mol. The molecule has 0 saturated carbocycles. The second-order valence-corrected chi connectivity index (χ2v) is 5.04. The highest BCUT2D eigenvalue weighted by atomic mass is 16.5. The van der Waals surface area contributed by atoms with Crippen LogP contribution in [-0.2, 0) is 17.7 Å². The lowest BCUT2D eigenvalue weighted by molar-refractivity contribution is 0.0594. The van der Waals surface area contributed by atoms with Gasteiger partial charge < -0.3 is 15.4 Å². The lowest BCUT2D eigenvalue weighted by Gasteiger charge is -2.30. The summed E-state index contributed by atoms with van der Waals surface area (Å²) in [6.07, 6.45) is 0.944. The number of aromatic nitrogens is 1. The molecule has 0 aliphatic carbocycles. The largest absolute Gasteiger partial charge is 0.464 e. The summed E-state index contributed by atoms with van der Waals surface area (Å²) >= 11 is 0. The minimum Gasteiger partial charge on any atom is -0.464 e. The zero-order valence-electron chi connectivity index (χ0n) is 11.9. The van der Waals surface area contributed by atoms with Gasteiger partial charge in [-0.3, -0.25) is 0 Å². The first kappa shape index (κ1) is 13.4. The topological polar surface area (TPSA) is 68.5 Å². The lowest BCUT2D eigenvalue weighted by atomic mass is 10.00. The number of fused-ring (bicyclic) bond motifs is 1. The molecule has 2 aromatic rings. The van der Waals surface area contributed by atoms with Crippen molar-refractivity contribution in [3.63, 3.8) is 0 Å². The van der Waals surface area contributed by atoms with E-state index < -0.39 is 5.97 Å². The third-order valence-corrected chi connectivity index (χ3v) is 3.73. The molecule has 0 saturated heterocycles. The van der Waals surface area contributed by atoms with Crippen molar-refractivity contribution in [1.82, 2.24) is 4.98 Å². The van der Waals surface area contributed by atoms with Gasteiger partial charge in [0.2, 0.25) is 0 Å². The number of ether oxygens (including phenoxy) is 1. The van der Waals surface area contributed by atoms with Crippen molar-refractivity contribution < 1.29 is 9.53 Å². The van der Waals surface area contributed by atoms with Gasteiger partial charge in [0.05, 0.1) is 12.8 Å². The number of nitrogen functional groups attached to an aromatic ring is 1. The van der Waals surface area contributed by atoms with Gasteiger partial charge in [-0.15, -0.1) is 0 Å². The summed E-state index contributed by atoms with van der Waals surface area (Å²) in [5, 5.41) is 0. The van der Waals surface area contributed by atoms with Crippen molar-refractivity contribution in [3.05, 3.63) is 53.2 Å². The van der Waals surface area contributed by atoms with E-state index in [1.165, 1.54) is 18.2 Å². The quantitative estimate of drug-likeness (QED) is 0.854. The maximum atomic E-state index is 11.6. The van der Waals surface area contributed by atoms with Crippen molar-refractivity contribution >= 4 is 17.5 Å². The van der Waals surface area contributed by atoms with E-state index in [1.54, 1.807) is 12.1 Å². The Labute approximate surface area is 123 Å². The van der Waals surface area contributed by atoms with E-state index in [1.807, 2.05) is 6.07 Å². The third-order valence-electron chi connectivity index (χ3n) is 3.73. The SMILES string of the molecule is COC(=O)c1ccc(N)c(N2CCc3ccccc3C2)n1. The first-order valence-corrected chi connectivity index (χ1v) is 6.85. The highest BCUT2D eigenvalue weighted by molar-refractivity contribution is 5.88. The van der Waals surface area contributed by atoms with Crippen LogP contribution in [0.4, 0.5) is 11.5 Å². The molecule has 0 spiro atoms. The molecule has 1 aromatic carbocycles. The van der Waals surface area contributed by atoms with E-state index in [9.17, 15) is 4.79 Å². The number of rotatable bonds is 2. The van der Waals surface area contributed by atoms with Crippen LogP contribution in [0.15, 0.2) is 36.4 Å². The highest BCUT2D eigenvalue weighted by Gasteiger charge is 2.20. The Hall–Kier alpha value is -2.56. The molecule has 21 heavy (non-hydrogen) atoms. The molecule has 2 heterocycles. The fraction of sp³-hybridized carbons (Fsp3) is 0.250. The molecule has 5 heteroatoms. The highest BCUT2D eigenvalue weighted by Crippen LogP contribution is 2.27. The minimum atomic E-state index is -0.450. The number of benzene rings is 1. The summed E-state index contributed by atoms with van der Waals surface area (Å²) in [5.41, 5.74) is 9.50. The summed E-state index contributed by atoms with van der Waals surface area (Å²) in [5.74, 6) is 0.195. The van der Waals surface area contributed by atoms with Crippen molar-refractivity contribution in [1.29, 1.82) is 0 Å². The third kappa shape index (κ3) is 2.54. The number of esters is 1. The van der Waals surface area contributed by atoms with Gasteiger partial charge in [-0.1, -0.05) is 24.3 Å². The van der Waals surface area contributed by atoms with Gasteiger partial charge in [0.1, 0.15) is 0 Å². The van der Waals surface area contributed by atoms with Crippen LogP contribution in [0.3, 0.4) is 0 Å². The van der Waals surface area contributed by atoms with Crippen molar-refractivity contribution in [2.24, 2.45) is 0 Å². The molecule has 0 atom stereocenters. The van der Waals surface area contributed by atoms with Crippen molar-refractivity contribution in [2.75, 3.05) is 24.3 Å². The van der Waals surface area contributed by atoms with E-state index in [2.05, 4.69) is 28.1 Å². The van der Waals surface area contributed by atoms with E-state index in [-0.39, 0.29) is 5.69 Å². The van der Waals surface area contributed by atoms with Gasteiger partial charge in [-0.25, -0.2) is 9.78 Å². The summed E-state index contributed by atoms with van der Waals surface area (Å²) in [6, 6.07) is 11.6. The maximum Gasteiger partial charge on any atom is 0.356 e. The Morgan fingerprint density at radius 3 is 2.76 bits per heavy atom. The first-order valence-electron chi connectivity index (χ1n) is 6.85. The predicted octanol–water partition coefficient (Wildman–Crippen LogP) is 2.01. The lowest BCUT2D eigenvalue weighted by Crippen LogP contribution is -2.32. The van der Waals surface area contributed by atoms with Crippen LogP contribution in [-0.4, -0.2) is 24.6 Å². The monoisotopic (exact) mass is 283 g/mol. The second kappa shape index (κ2) is 5.44. The molecule has 0 bridgehead atoms. The Morgan fingerprint density at radius 1 is 1.24 bits per heavy atom. The molecule has 3 rings (SSSR count). The molecule has 1 aromatic heterocycles. The fourth-order valence-corrected chi connectivity index (χ4v) is 2.61. The predicted molar refractivity (Wildman–Crippen MR) is 81.2 cm³/mol. The Morgan fingerprint density at radius 2 is 2.00 bits per heavy atom. The van der Waals surface area contributed by atoms with Crippen LogP contribution in [0.1, 0.15) is 21.6 Å². The van der Waals surface area contributed by atoms with E-state index in [4.69, 9.17) is 10.5 Å². The standard InChI is InChI=1S/C16H17N3O2/c1-21-16(20)14-7-6-13(17)15(18-14)19-9-8-11-4-2-3-5-12(11)10-19/h2-7H,8-10,17H2,1H3. The Bertz CT molecular complexity index is 685. The van der Waals surface area contributed by atoms with Crippen molar-refractivity contribution in [2.45, 2.75) is 13.0 Å². The molecular formula is C16H17N3O2. The Balaban J connectivity index is 1.93. The number of pyridine rings is 1. The average molecular weight is 283 g/mol. The second-order valence-electron chi connectivity index (χ2n) is 5.04. The van der Waals surface area contributed by atoms with Gasteiger partial charge in [0.15, 0.2) is 11.5 Å². The summed E-state index contributed by atoms with van der Waals surface area (Å²) < 4.78 is 4.71. The molecule has 0 amide bonds. The number of hydrogen-bond acceptors (Lipinski definition) is 5.